The molecule has 3 nitrogen and oxygen atoms in total. The first-order valence-electron chi connectivity index (χ1n) is 6.86. The first-order chi connectivity index (χ1) is 10.0. The van der Waals surface area contributed by atoms with Gasteiger partial charge in [0.15, 0.2) is 0 Å². The van der Waals surface area contributed by atoms with Crippen molar-refractivity contribution in [2.75, 3.05) is 24.3 Å². The fourth-order valence-corrected chi connectivity index (χ4v) is 2.23. The van der Waals surface area contributed by atoms with E-state index in [9.17, 15) is 4.79 Å². The minimum atomic E-state index is 0.00702. The van der Waals surface area contributed by atoms with Crippen LogP contribution in [-0.2, 0) is 11.2 Å². The van der Waals surface area contributed by atoms with Gasteiger partial charge in [0.05, 0.1) is 0 Å². The van der Waals surface area contributed by atoms with Gasteiger partial charge in [0.1, 0.15) is 0 Å². The average molecular weight is 303 g/mol. The number of nitrogens with zero attached hydrogens (tertiary/aromatic N) is 1. The van der Waals surface area contributed by atoms with E-state index in [1.807, 2.05) is 67.5 Å². The molecule has 0 aliphatic carbocycles. The van der Waals surface area contributed by atoms with Crippen molar-refractivity contribution in [1.29, 1.82) is 0 Å². The third-order valence-electron chi connectivity index (χ3n) is 3.20. The van der Waals surface area contributed by atoms with Crippen molar-refractivity contribution >= 4 is 28.9 Å². The SMILES string of the molecule is CN(C)c1ccc(NC(=O)CCc2cccc(Cl)c2)cc1. The summed E-state index contributed by atoms with van der Waals surface area (Å²) in [4.78, 5) is 14.0. The summed E-state index contributed by atoms with van der Waals surface area (Å²) in [7, 11) is 3.97. The normalized spacial score (nSPS) is 10.2. The quantitative estimate of drug-likeness (QED) is 0.906. The maximum atomic E-state index is 11.9. The van der Waals surface area contributed by atoms with Crippen molar-refractivity contribution in [1.82, 2.24) is 0 Å². The molecule has 0 spiro atoms. The van der Waals surface area contributed by atoms with E-state index in [0.717, 1.165) is 16.9 Å². The van der Waals surface area contributed by atoms with Gasteiger partial charge in [-0.25, -0.2) is 0 Å². The summed E-state index contributed by atoms with van der Waals surface area (Å²) in [5.74, 6) is 0.00702. The molecule has 0 radical (unpaired) electrons. The van der Waals surface area contributed by atoms with Crippen LogP contribution in [0.15, 0.2) is 48.5 Å². The topological polar surface area (TPSA) is 32.3 Å². The average Bonchev–Trinajstić information content (AvgIpc) is 2.46. The second kappa shape index (κ2) is 7.14. The van der Waals surface area contributed by atoms with Gasteiger partial charge in [0.25, 0.3) is 0 Å². The third-order valence-corrected chi connectivity index (χ3v) is 3.43. The summed E-state index contributed by atoms with van der Waals surface area (Å²) in [6.45, 7) is 0. The first-order valence-corrected chi connectivity index (χ1v) is 7.24. The van der Waals surface area contributed by atoms with Crippen molar-refractivity contribution < 1.29 is 4.79 Å². The maximum Gasteiger partial charge on any atom is 0.224 e. The zero-order valence-corrected chi connectivity index (χ0v) is 13.0. The summed E-state index contributed by atoms with van der Waals surface area (Å²) in [6, 6.07) is 15.4. The van der Waals surface area contributed by atoms with Crippen molar-refractivity contribution in [3.05, 3.63) is 59.1 Å². The molecule has 2 rings (SSSR count). The molecule has 0 fully saturated rings. The molecule has 0 unspecified atom stereocenters. The van der Waals surface area contributed by atoms with Crippen LogP contribution in [0.2, 0.25) is 5.02 Å². The molecule has 0 bridgehead atoms. The van der Waals surface area contributed by atoms with E-state index >= 15 is 0 Å². The monoisotopic (exact) mass is 302 g/mol. The number of nitrogens with one attached hydrogen (secondary N) is 1. The lowest BCUT2D eigenvalue weighted by atomic mass is 10.1. The fourth-order valence-electron chi connectivity index (χ4n) is 2.02. The van der Waals surface area contributed by atoms with Crippen LogP contribution in [0.5, 0.6) is 0 Å². The second-order valence-electron chi connectivity index (χ2n) is 5.12. The Hall–Kier alpha value is -2.00. The second-order valence-corrected chi connectivity index (χ2v) is 5.56. The Morgan fingerprint density at radius 3 is 2.48 bits per heavy atom. The van der Waals surface area contributed by atoms with Gasteiger partial charge in [-0.1, -0.05) is 23.7 Å². The number of hydrogen-bond acceptors (Lipinski definition) is 2. The molecule has 0 aromatic heterocycles. The van der Waals surface area contributed by atoms with Gasteiger partial charge >= 0.3 is 0 Å². The standard InChI is InChI=1S/C17H19ClN2O/c1-20(2)16-9-7-15(8-10-16)19-17(21)11-6-13-4-3-5-14(18)12-13/h3-5,7-10,12H,6,11H2,1-2H3,(H,19,21). The van der Waals surface area contributed by atoms with Gasteiger partial charge < -0.3 is 10.2 Å². The van der Waals surface area contributed by atoms with E-state index in [4.69, 9.17) is 11.6 Å². The highest BCUT2D eigenvalue weighted by Gasteiger charge is 2.04. The molecule has 2 aromatic rings. The van der Waals surface area contributed by atoms with Crippen molar-refractivity contribution in [3.8, 4) is 0 Å². The highest BCUT2D eigenvalue weighted by molar-refractivity contribution is 6.30. The van der Waals surface area contributed by atoms with Crippen molar-refractivity contribution in [3.63, 3.8) is 0 Å². The number of aryl methyl sites for hydroxylation is 1. The van der Waals surface area contributed by atoms with Crippen molar-refractivity contribution in [2.24, 2.45) is 0 Å². The Morgan fingerprint density at radius 2 is 1.86 bits per heavy atom. The molecular formula is C17H19ClN2O. The highest BCUT2D eigenvalue weighted by atomic mass is 35.5. The number of anilines is 2. The lowest BCUT2D eigenvalue weighted by molar-refractivity contribution is -0.116. The molecular weight excluding hydrogens is 284 g/mol. The summed E-state index contributed by atoms with van der Waals surface area (Å²) in [6.07, 6.45) is 1.12. The van der Waals surface area contributed by atoms with Crippen LogP contribution in [0.4, 0.5) is 11.4 Å². The molecule has 1 amide bonds. The van der Waals surface area contributed by atoms with Crippen LogP contribution >= 0.6 is 11.6 Å². The summed E-state index contributed by atoms with van der Waals surface area (Å²) in [5.41, 5.74) is 2.99. The molecule has 0 aliphatic rings. The minimum absolute atomic E-state index is 0.00702. The van der Waals surface area contributed by atoms with Gasteiger partial charge in [-0.15, -0.1) is 0 Å². The third kappa shape index (κ3) is 4.80. The van der Waals surface area contributed by atoms with Crippen LogP contribution in [0.3, 0.4) is 0 Å². The van der Waals surface area contributed by atoms with Gasteiger partial charge in [-0.2, -0.15) is 0 Å². The molecule has 0 heterocycles. The lowest BCUT2D eigenvalue weighted by Gasteiger charge is -2.13. The molecule has 110 valence electrons. The number of carbonyl (C=O) groups is 1. The van der Waals surface area contributed by atoms with E-state index < -0.39 is 0 Å². The predicted molar refractivity (Wildman–Crippen MR) is 89.2 cm³/mol. The molecule has 0 saturated heterocycles. The number of hydrogen-bond donors (Lipinski definition) is 1. The lowest BCUT2D eigenvalue weighted by Crippen LogP contribution is -2.13. The molecule has 21 heavy (non-hydrogen) atoms. The van der Waals surface area contributed by atoms with Gasteiger partial charge in [0, 0.05) is 36.9 Å². The molecule has 4 heteroatoms. The highest BCUT2D eigenvalue weighted by Crippen LogP contribution is 2.16. The number of rotatable bonds is 5. The minimum Gasteiger partial charge on any atom is -0.378 e. The van der Waals surface area contributed by atoms with Crippen LogP contribution in [-0.4, -0.2) is 20.0 Å². The Bertz CT molecular complexity index is 608. The van der Waals surface area contributed by atoms with E-state index in [-0.39, 0.29) is 5.91 Å². The molecule has 0 atom stereocenters. The summed E-state index contributed by atoms with van der Waals surface area (Å²) < 4.78 is 0. The Labute approximate surface area is 130 Å². The van der Waals surface area contributed by atoms with E-state index in [1.54, 1.807) is 0 Å². The Morgan fingerprint density at radius 1 is 1.14 bits per heavy atom. The molecule has 0 aliphatic heterocycles. The zero-order valence-electron chi connectivity index (χ0n) is 12.3. The van der Waals surface area contributed by atoms with Gasteiger partial charge in [0.2, 0.25) is 5.91 Å². The number of carbonyl (C=O) groups excluding carboxylic acids is 1. The van der Waals surface area contributed by atoms with Crippen LogP contribution in [0.1, 0.15) is 12.0 Å². The number of halogens is 1. The molecule has 1 N–H and O–H groups in total. The van der Waals surface area contributed by atoms with Crippen LogP contribution in [0, 0.1) is 0 Å². The molecule has 2 aromatic carbocycles. The van der Waals surface area contributed by atoms with Gasteiger partial charge in [-0.05, 0) is 48.4 Å². The first kappa shape index (κ1) is 15.4. The summed E-state index contributed by atoms with van der Waals surface area (Å²) in [5, 5.41) is 3.60. The Balaban J connectivity index is 1.87. The van der Waals surface area contributed by atoms with Crippen LogP contribution < -0.4 is 10.2 Å². The zero-order chi connectivity index (χ0) is 15.2. The van der Waals surface area contributed by atoms with Crippen LogP contribution in [0.25, 0.3) is 0 Å². The van der Waals surface area contributed by atoms with E-state index in [0.29, 0.717) is 17.9 Å². The maximum absolute atomic E-state index is 11.9. The van der Waals surface area contributed by atoms with E-state index in [2.05, 4.69) is 5.32 Å². The molecule has 0 saturated carbocycles. The largest absolute Gasteiger partial charge is 0.378 e. The Kier molecular flexibility index (Phi) is 5.23. The van der Waals surface area contributed by atoms with Gasteiger partial charge in [-0.3, -0.25) is 4.79 Å². The number of benzene rings is 2. The fraction of sp³-hybridized carbons (Fsp3) is 0.235. The van der Waals surface area contributed by atoms with E-state index in [1.165, 1.54) is 0 Å². The predicted octanol–water partition coefficient (Wildman–Crippen LogP) is 3.98. The smallest absolute Gasteiger partial charge is 0.224 e. The summed E-state index contributed by atoms with van der Waals surface area (Å²) >= 11 is 5.93. The van der Waals surface area contributed by atoms with Crippen molar-refractivity contribution in [2.45, 2.75) is 12.8 Å². The number of amides is 1.